The number of nitrogens with one attached hydrogen (secondary N) is 3. The van der Waals surface area contributed by atoms with E-state index in [4.69, 9.17) is 5.73 Å². The first-order valence-electron chi connectivity index (χ1n) is 3.95. The van der Waals surface area contributed by atoms with Crippen LogP contribution in [0.15, 0.2) is 0 Å². The van der Waals surface area contributed by atoms with E-state index in [9.17, 15) is 4.79 Å². The molecule has 2 rings (SSSR count). The number of fused-ring (bicyclic) bond motifs is 1. The molecule has 1 amide bonds. The highest BCUT2D eigenvalue weighted by Gasteiger charge is 2.40. The number of nitrogens with zero attached hydrogens (tertiary/aromatic N) is 1. The van der Waals surface area contributed by atoms with Crippen molar-refractivity contribution in [3.05, 3.63) is 0 Å². The van der Waals surface area contributed by atoms with Crippen LogP contribution in [0.2, 0.25) is 0 Å². The third-order valence-corrected chi connectivity index (χ3v) is 2.36. The summed E-state index contributed by atoms with van der Waals surface area (Å²) in [6.07, 6.45) is -0.408. The van der Waals surface area contributed by atoms with Gasteiger partial charge in [0.25, 0.3) is 0 Å². The van der Waals surface area contributed by atoms with Gasteiger partial charge in [0.05, 0.1) is 6.17 Å². The van der Waals surface area contributed by atoms with Gasteiger partial charge in [-0.1, -0.05) is 0 Å². The molecular weight excluding hydrogens is 158 g/mol. The summed E-state index contributed by atoms with van der Waals surface area (Å²) in [4.78, 5) is 13.0. The van der Waals surface area contributed by atoms with E-state index in [1.807, 2.05) is 0 Å². The second kappa shape index (κ2) is 2.67. The Morgan fingerprint density at radius 2 is 2.33 bits per heavy atom. The Labute approximate surface area is 70.5 Å². The van der Waals surface area contributed by atoms with Crippen LogP contribution in [0.4, 0.5) is 0 Å². The summed E-state index contributed by atoms with van der Waals surface area (Å²) in [5.41, 5.74) is 5.65. The molecule has 2 saturated heterocycles. The van der Waals surface area contributed by atoms with E-state index in [0.29, 0.717) is 6.67 Å². The molecule has 0 aliphatic carbocycles. The van der Waals surface area contributed by atoms with E-state index >= 15 is 0 Å². The zero-order chi connectivity index (χ0) is 8.72. The van der Waals surface area contributed by atoms with Crippen LogP contribution in [0.5, 0.6) is 0 Å². The molecule has 2 heterocycles. The summed E-state index contributed by atoms with van der Waals surface area (Å²) in [6, 6.07) is -0.171. The van der Waals surface area contributed by atoms with E-state index < -0.39 is 0 Å². The lowest BCUT2D eigenvalue weighted by molar-refractivity contribution is -0.138. The zero-order valence-corrected chi connectivity index (χ0v) is 6.87. The van der Waals surface area contributed by atoms with Crippen molar-refractivity contribution in [2.75, 3.05) is 13.7 Å². The summed E-state index contributed by atoms with van der Waals surface area (Å²) in [5.74, 6) is 0.0382. The number of rotatable bonds is 0. The first-order chi connectivity index (χ1) is 5.70. The van der Waals surface area contributed by atoms with Crippen LogP contribution < -0.4 is 21.7 Å². The lowest BCUT2D eigenvalue weighted by Crippen LogP contribution is -2.69. The van der Waals surface area contributed by atoms with Crippen molar-refractivity contribution in [1.82, 2.24) is 20.9 Å². The van der Waals surface area contributed by atoms with Crippen molar-refractivity contribution in [3.8, 4) is 0 Å². The first-order valence-corrected chi connectivity index (χ1v) is 3.95. The number of amides is 1. The van der Waals surface area contributed by atoms with Gasteiger partial charge in [0.2, 0.25) is 5.91 Å². The molecule has 3 unspecified atom stereocenters. The fourth-order valence-corrected chi connectivity index (χ4v) is 1.55. The van der Waals surface area contributed by atoms with E-state index in [1.54, 1.807) is 7.05 Å². The molecule has 12 heavy (non-hydrogen) atoms. The van der Waals surface area contributed by atoms with Crippen LogP contribution in [0.3, 0.4) is 0 Å². The molecule has 2 aliphatic heterocycles. The second-order valence-electron chi connectivity index (χ2n) is 3.10. The first kappa shape index (κ1) is 7.93. The van der Waals surface area contributed by atoms with Crippen LogP contribution in [0.1, 0.15) is 0 Å². The van der Waals surface area contributed by atoms with Crippen LogP contribution in [-0.4, -0.2) is 43.0 Å². The smallest absolute Gasteiger partial charge is 0.244 e. The van der Waals surface area contributed by atoms with Gasteiger partial charge in [-0.25, -0.2) is 0 Å². The molecule has 0 spiro atoms. The fourth-order valence-electron chi connectivity index (χ4n) is 1.55. The molecule has 3 atom stereocenters. The quantitative estimate of drug-likeness (QED) is 0.315. The molecule has 2 fully saturated rings. The normalized spacial score (nSPS) is 41.7. The Morgan fingerprint density at radius 3 is 3.08 bits per heavy atom. The lowest BCUT2D eigenvalue weighted by atomic mass is 10.2. The standard InChI is InChI=1S/C6H13N5O/c1-11-5(12)3-4(9-2-8-3)10-6(11)7/h3-4,6,8-10H,2,7H2,1H3. The van der Waals surface area contributed by atoms with Crippen molar-refractivity contribution >= 4 is 5.91 Å². The molecule has 6 heteroatoms. The van der Waals surface area contributed by atoms with Crippen molar-refractivity contribution in [1.29, 1.82) is 0 Å². The SMILES string of the molecule is CN1C(=O)C2NCNC2NC1N. The third kappa shape index (κ3) is 1.00. The van der Waals surface area contributed by atoms with Gasteiger partial charge in [-0.2, -0.15) is 0 Å². The Bertz CT molecular complexity index is 208. The molecule has 0 bridgehead atoms. The minimum absolute atomic E-state index is 0.0244. The molecular formula is C6H13N5O. The maximum absolute atomic E-state index is 11.5. The summed E-state index contributed by atoms with van der Waals surface area (Å²) < 4.78 is 0. The highest BCUT2D eigenvalue weighted by atomic mass is 16.2. The van der Waals surface area contributed by atoms with Crippen LogP contribution in [0, 0.1) is 0 Å². The predicted molar refractivity (Wildman–Crippen MR) is 42.6 cm³/mol. The van der Waals surface area contributed by atoms with Crippen LogP contribution in [-0.2, 0) is 4.79 Å². The van der Waals surface area contributed by atoms with E-state index in [1.165, 1.54) is 4.90 Å². The summed E-state index contributed by atoms with van der Waals surface area (Å²) in [6.45, 7) is 0.647. The number of likely N-dealkylation sites (N-methyl/N-ethyl adjacent to an activating group) is 1. The molecule has 0 aromatic heterocycles. The molecule has 2 aliphatic rings. The average molecular weight is 171 g/mol. The molecule has 5 N–H and O–H groups in total. The molecule has 68 valence electrons. The monoisotopic (exact) mass is 171 g/mol. The van der Waals surface area contributed by atoms with Crippen LogP contribution >= 0.6 is 0 Å². The Kier molecular flexibility index (Phi) is 1.76. The van der Waals surface area contributed by atoms with Crippen molar-refractivity contribution < 1.29 is 4.79 Å². The van der Waals surface area contributed by atoms with Crippen LogP contribution in [0.25, 0.3) is 0 Å². The largest absolute Gasteiger partial charge is 0.316 e. The number of carbonyl (C=O) groups excluding carboxylic acids is 1. The second-order valence-corrected chi connectivity index (χ2v) is 3.10. The Balaban J connectivity index is 2.16. The highest BCUT2D eigenvalue weighted by molar-refractivity contribution is 5.83. The van der Waals surface area contributed by atoms with Crippen molar-refractivity contribution in [2.24, 2.45) is 5.73 Å². The number of carbonyl (C=O) groups is 1. The van der Waals surface area contributed by atoms with E-state index in [2.05, 4.69) is 16.0 Å². The topological polar surface area (TPSA) is 82.4 Å². The van der Waals surface area contributed by atoms with Crippen molar-refractivity contribution in [3.63, 3.8) is 0 Å². The van der Waals surface area contributed by atoms with Gasteiger partial charge in [0, 0.05) is 13.7 Å². The molecule has 0 radical (unpaired) electrons. The van der Waals surface area contributed by atoms with Gasteiger partial charge in [-0.15, -0.1) is 0 Å². The molecule has 0 aromatic carbocycles. The maximum Gasteiger partial charge on any atom is 0.244 e. The maximum atomic E-state index is 11.5. The lowest BCUT2D eigenvalue weighted by Gasteiger charge is -2.37. The third-order valence-electron chi connectivity index (χ3n) is 2.36. The number of hydrogen-bond donors (Lipinski definition) is 4. The van der Waals surface area contributed by atoms with Gasteiger partial charge in [-0.3, -0.25) is 26.5 Å². The van der Waals surface area contributed by atoms with Gasteiger partial charge in [-0.05, 0) is 0 Å². The van der Waals surface area contributed by atoms with Gasteiger partial charge >= 0.3 is 0 Å². The average Bonchev–Trinajstić information content (AvgIpc) is 2.48. The zero-order valence-electron chi connectivity index (χ0n) is 6.87. The summed E-state index contributed by atoms with van der Waals surface area (Å²) in [5, 5.41) is 9.20. The van der Waals surface area contributed by atoms with E-state index in [-0.39, 0.29) is 24.4 Å². The minimum Gasteiger partial charge on any atom is -0.316 e. The fraction of sp³-hybridized carbons (Fsp3) is 0.833. The minimum atomic E-state index is -0.383. The highest BCUT2D eigenvalue weighted by Crippen LogP contribution is 2.08. The molecule has 0 aromatic rings. The van der Waals surface area contributed by atoms with Gasteiger partial charge in [0.1, 0.15) is 12.3 Å². The predicted octanol–water partition coefficient (Wildman–Crippen LogP) is -2.86. The van der Waals surface area contributed by atoms with Gasteiger partial charge < -0.3 is 4.90 Å². The van der Waals surface area contributed by atoms with Gasteiger partial charge in [0.15, 0.2) is 0 Å². The Morgan fingerprint density at radius 1 is 1.58 bits per heavy atom. The molecule has 0 saturated carbocycles. The van der Waals surface area contributed by atoms with E-state index in [0.717, 1.165) is 0 Å². The Hall–Kier alpha value is -0.690. The summed E-state index contributed by atoms with van der Waals surface area (Å²) >= 11 is 0. The number of nitrogens with two attached hydrogens (primary N) is 1. The summed E-state index contributed by atoms with van der Waals surface area (Å²) in [7, 11) is 1.69. The van der Waals surface area contributed by atoms with Crippen molar-refractivity contribution in [2.45, 2.75) is 18.5 Å². The number of hydrogen-bond acceptors (Lipinski definition) is 5. The molecule has 6 nitrogen and oxygen atoms in total.